The summed E-state index contributed by atoms with van der Waals surface area (Å²) in [6, 6.07) is 3.26. The summed E-state index contributed by atoms with van der Waals surface area (Å²) < 4.78 is 33.9. The molecule has 8 nitrogen and oxygen atoms in total. The predicted molar refractivity (Wildman–Crippen MR) is 110 cm³/mol. The Hall–Kier alpha value is -1.82. The minimum atomic E-state index is -3.59. The maximum absolute atomic E-state index is 12.8. The molecular formula is C18H23N3O5S3. The number of carbonyl (C=O) groups excluding carboxylic acids is 2. The molecule has 1 saturated heterocycles. The molecule has 0 saturated carbocycles. The number of thiazole rings is 1. The fourth-order valence-electron chi connectivity index (χ4n) is 3.10. The first-order valence-electron chi connectivity index (χ1n) is 9.21. The van der Waals surface area contributed by atoms with Gasteiger partial charge >= 0.3 is 5.97 Å². The fourth-order valence-corrected chi connectivity index (χ4v) is 6.79. The summed E-state index contributed by atoms with van der Waals surface area (Å²) in [7, 11) is -1.86. The second kappa shape index (κ2) is 8.90. The van der Waals surface area contributed by atoms with Crippen LogP contribution >= 0.6 is 22.7 Å². The zero-order chi connectivity index (χ0) is 21.2. The van der Waals surface area contributed by atoms with E-state index in [4.69, 9.17) is 4.74 Å². The first-order valence-corrected chi connectivity index (χ1v) is 12.3. The Kier molecular flexibility index (Phi) is 6.72. The van der Waals surface area contributed by atoms with Crippen LogP contribution in [-0.4, -0.2) is 48.9 Å². The van der Waals surface area contributed by atoms with Crippen LogP contribution < -0.4 is 4.80 Å². The molecule has 0 unspecified atom stereocenters. The van der Waals surface area contributed by atoms with Crippen LogP contribution in [0.15, 0.2) is 26.7 Å². The standard InChI is InChI=1S/C18H23N3O5S3/c1-4-26-17(23)15-12(2)20(3)18(28-15)19-16(22)13-7-5-9-21(11-13)29(24,25)14-8-6-10-27-14/h6,8,10,13H,4-5,7,9,11H2,1-3H3/t13-/m1/s1. The SMILES string of the molecule is CCOC(=O)c1sc(=NC(=O)[C@@H]2CCCN(S(=O)(=O)c3cccs3)C2)n(C)c1C. The number of ether oxygens (including phenoxy) is 1. The van der Waals surface area contributed by atoms with Gasteiger partial charge < -0.3 is 9.30 Å². The second-order valence-electron chi connectivity index (χ2n) is 6.66. The Morgan fingerprint density at radius 3 is 2.79 bits per heavy atom. The predicted octanol–water partition coefficient (Wildman–Crippen LogP) is 2.16. The van der Waals surface area contributed by atoms with E-state index in [2.05, 4.69) is 4.99 Å². The summed E-state index contributed by atoms with van der Waals surface area (Å²) in [5, 5.41) is 1.72. The minimum Gasteiger partial charge on any atom is -0.462 e. The topological polar surface area (TPSA) is 98.0 Å². The summed E-state index contributed by atoms with van der Waals surface area (Å²) in [6.07, 6.45) is 1.18. The minimum absolute atomic E-state index is 0.112. The summed E-state index contributed by atoms with van der Waals surface area (Å²) >= 11 is 2.27. The van der Waals surface area contributed by atoms with Crippen molar-refractivity contribution in [1.29, 1.82) is 0 Å². The van der Waals surface area contributed by atoms with E-state index in [-0.39, 0.29) is 23.3 Å². The Bertz CT molecular complexity index is 1070. The molecule has 0 N–H and O–H groups in total. The van der Waals surface area contributed by atoms with Crippen LogP contribution in [0.1, 0.15) is 35.1 Å². The quantitative estimate of drug-likeness (QED) is 0.641. The average Bonchev–Trinajstić information content (AvgIpc) is 3.33. The van der Waals surface area contributed by atoms with E-state index in [1.54, 1.807) is 43.0 Å². The van der Waals surface area contributed by atoms with Crippen LogP contribution in [0.5, 0.6) is 0 Å². The Labute approximate surface area is 177 Å². The zero-order valence-electron chi connectivity index (χ0n) is 16.5. The van der Waals surface area contributed by atoms with Gasteiger partial charge in [-0.15, -0.1) is 11.3 Å². The molecule has 0 aliphatic carbocycles. The number of rotatable bonds is 5. The number of piperidine rings is 1. The highest BCUT2D eigenvalue weighted by atomic mass is 32.2. The van der Waals surface area contributed by atoms with Gasteiger partial charge in [0.05, 0.1) is 12.5 Å². The maximum atomic E-state index is 12.8. The van der Waals surface area contributed by atoms with Crippen LogP contribution in [0.3, 0.4) is 0 Å². The van der Waals surface area contributed by atoms with E-state index >= 15 is 0 Å². The lowest BCUT2D eigenvalue weighted by Crippen LogP contribution is -2.42. The van der Waals surface area contributed by atoms with Gasteiger partial charge in [0.2, 0.25) is 0 Å². The number of amides is 1. The molecule has 11 heteroatoms. The number of hydrogen-bond donors (Lipinski definition) is 0. The van der Waals surface area contributed by atoms with Crippen LogP contribution in [-0.2, 0) is 26.6 Å². The van der Waals surface area contributed by atoms with Crippen LogP contribution in [0.4, 0.5) is 0 Å². The molecule has 1 fully saturated rings. The molecular weight excluding hydrogens is 434 g/mol. The summed E-state index contributed by atoms with van der Waals surface area (Å²) in [5.41, 5.74) is 0.672. The van der Waals surface area contributed by atoms with Gasteiger partial charge in [0, 0.05) is 25.8 Å². The third kappa shape index (κ3) is 4.52. The molecule has 1 atom stereocenters. The molecule has 0 bridgehead atoms. The number of thiophene rings is 1. The van der Waals surface area contributed by atoms with Crippen molar-refractivity contribution in [2.24, 2.45) is 18.0 Å². The van der Waals surface area contributed by atoms with Gasteiger partial charge in [-0.2, -0.15) is 9.30 Å². The molecule has 3 heterocycles. The van der Waals surface area contributed by atoms with E-state index in [0.717, 1.165) is 11.3 Å². The molecule has 0 spiro atoms. The zero-order valence-corrected chi connectivity index (χ0v) is 18.9. The first-order chi connectivity index (χ1) is 13.8. The van der Waals surface area contributed by atoms with E-state index in [1.165, 1.54) is 15.6 Å². The number of nitrogens with zero attached hydrogens (tertiary/aromatic N) is 3. The molecule has 0 aromatic carbocycles. The first kappa shape index (κ1) is 21.9. The number of hydrogen-bond acceptors (Lipinski definition) is 7. The van der Waals surface area contributed by atoms with E-state index in [1.807, 2.05) is 0 Å². The molecule has 2 aromatic heterocycles. The van der Waals surface area contributed by atoms with Crippen LogP contribution in [0, 0.1) is 12.8 Å². The monoisotopic (exact) mass is 457 g/mol. The van der Waals surface area contributed by atoms with Crippen LogP contribution in [0.25, 0.3) is 0 Å². The van der Waals surface area contributed by atoms with Crippen LogP contribution in [0.2, 0.25) is 0 Å². The molecule has 1 aliphatic rings. The molecule has 158 valence electrons. The van der Waals surface area contributed by atoms with Gasteiger partial charge in [-0.25, -0.2) is 13.2 Å². The summed E-state index contributed by atoms with van der Waals surface area (Å²) in [6.45, 7) is 4.27. The van der Waals surface area contributed by atoms with Gasteiger partial charge in [-0.05, 0) is 38.1 Å². The van der Waals surface area contributed by atoms with Crippen molar-refractivity contribution < 1.29 is 22.7 Å². The third-order valence-electron chi connectivity index (χ3n) is 4.80. The average molecular weight is 458 g/mol. The Morgan fingerprint density at radius 2 is 2.14 bits per heavy atom. The Balaban J connectivity index is 1.82. The number of carbonyl (C=O) groups is 2. The second-order valence-corrected chi connectivity index (χ2v) is 10.8. The number of sulfonamides is 1. The molecule has 2 aromatic rings. The smallest absolute Gasteiger partial charge is 0.350 e. The van der Waals surface area contributed by atoms with Gasteiger partial charge in [-0.1, -0.05) is 17.4 Å². The maximum Gasteiger partial charge on any atom is 0.350 e. The van der Waals surface area contributed by atoms with Crippen molar-refractivity contribution in [3.63, 3.8) is 0 Å². The van der Waals surface area contributed by atoms with E-state index in [0.29, 0.717) is 34.8 Å². The van der Waals surface area contributed by atoms with Gasteiger partial charge in [0.1, 0.15) is 9.09 Å². The normalized spacial score (nSPS) is 18.7. The van der Waals surface area contributed by atoms with E-state index < -0.39 is 21.9 Å². The summed E-state index contributed by atoms with van der Waals surface area (Å²) in [5.74, 6) is -1.32. The number of aromatic nitrogens is 1. The lowest BCUT2D eigenvalue weighted by atomic mass is 9.99. The molecule has 0 radical (unpaired) electrons. The van der Waals surface area contributed by atoms with Crippen molar-refractivity contribution in [2.75, 3.05) is 19.7 Å². The highest BCUT2D eigenvalue weighted by Gasteiger charge is 2.33. The lowest BCUT2D eigenvalue weighted by Gasteiger charge is -2.29. The van der Waals surface area contributed by atoms with E-state index in [9.17, 15) is 18.0 Å². The highest BCUT2D eigenvalue weighted by Crippen LogP contribution is 2.27. The van der Waals surface area contributed by atoms with Crippen molar-refractivity contribution in [1.82, 2.24) is 8.87 Å². The fraction of sp³-hybridized carbons (Fsp3) is 0.500. The highest BCUT2D eigenvalue weighted by molar-refractivity contribution is 7.91. The number of esters is 1. The molecule has 29 heavy (non-hydrogen) atoms. The summed E-state index contributed by atoms with van der Waals surface area (Å²) in [4.78, 5) is 29.9. The largest absolute Gasteiger partial charge is 0.462 e. The lowest BCUT2D eigenvalue weighted by molar-refractivity contribution is -0.122. The third-order valence-corrected chi connectivity index (χ3v) is 9.25. The van der Waals surface area contributed by atoms with Gasteiger partial charge in [0.25, 0.3) is 15.9 Å². The van der Waals surface area contributed by atoms with Crippen molar-refractivity contribution in [3.05, 3.63) is 32.9 Å². The van der Waals surface area contributed by atoms with Crippen molar-refractivity contribution in [2.45, 2.75) is 30.9 Å². The van der Waals surface area contributed by atoms with Crippen molar-refractivity contribution in [3.8, 4) is 0 Å². The van der Waals surface area contributed by atoms with Gasteiger partial charge in [0.15, 0.2) is 4.80 Å². The Morgan fingerprint density at radius 1 is 1.38 bits per heavy atom. The molecule has 1 amide bonds. The molecule has 3 rings (SSSR count). The van der Waals surface area contributed by atoms with Gasteiger partial charge in [-0.3, -0.25) is 4.79 Å². The molecule has 1 aliphatic heterocycles. The van der Waals surface area contributed by atoms with Crippen molar-refractivity contribution >= 4 is 44.6 Å².